The minimum absolute atomic E-state index is 0.153. The minimum atomic E-state index is -0.436. The second-order valence-corrected chi connectivity index (χ2v) is 6.83. The third-order valence-electron chi connectivity index (χ3n) is 4.06. The molecule has 0 aliphatic heterocycles. The molecule has 6 nitrogen and oxygen atoms in total. The Morgan fingerprint density at radius 2 is 2.00 bits per heavy atom. The Morgan fingerprint density at radius 1 is 1.23 bits per heavy atom. The van der Waals surface area contributed by atoms with Gasteiger partial charge in [0.25, 0.3) is 5.56 Å². The van der Waals surface area contributed by atoms with Gasteiger partial charge in [-0.2, -0.15) is 0 Å². The Labute approximate surface area is 152 Å². The van der Waals surface area contributed by atoms with E-state index in [1.54, 1.807) is 13.0 Å². The molecule has 1 aromatic carbocycles. The molecule has 0 unspecified atom stereocenters. The molecule has 0 aliphatic rings. The van der Waals surface area contributed by atoms with Crippen LogP contribution in [0.3, 0.4) is 0 Å². The molecule has 130 valence electrons. The summed E-state index contributed by atoms with van der Waals surface area (Å²) in [5.74, 6) is -0.436. The van der Waals surface area contributed by atoms with Crippen molar-refractivity contribution in [1.29, 1.82) is 0 Å². The third kappa shape index (κ3) is 2.66. The van der Waals surface area contributed by atoms with E-state index in [0.29, 0.717) is 32.6 Å². The number of carbonyl (C=O) groups is 1. The highest BCUT2D eigenvalue weighted by Gasteiger charge is 2.16. The van der Waals surface area contributed by atoms with Gasteiger partial charge in [-0.05, 0) is 32.0 Å². The molecule has 0 saturated heterocycles. The molecule has 4 rings (SSSR count). The summed E-state index contributed by atoms with van der Waals surface area (Å²) in [4.78, 5) is 34.3. The van der Waals surface area contributed by atoms with E-state index in [1.165, 1.54) is 28.4 Å². The van der Waals surface area contributed by atoms with E-state index in [0.717, 1.165) is 11.3 Å². The van der Waals surface area contributed by atoms with Crippen LogP contribution in [0.2, 0.25) is 0 Å². The van der Waals surface area contributed by atoms with Crippen LogP contribution in [0.1, 0.15) is 22.8 Å². The summed E-state index contributed by atoms with van der Waals surface area (Å²) in [7, 11) is 0. The molecule has 0 atom stereocenters. The zero-order chi connectivity index (χ0) is 18.3. The Balaban J connectivity index is 1.90. The molecule has 0 amide bonds. The summed E-state index contributed by atoms with van der Waals surface area (Å²) >= 11 is 1.27. The molecule has 0 bridgehead atoms. The van der Waals surface area contributed by atoms with Gasteiger partial charge < -0.3 is 4.74 Å². The maximum absolute atomic E-state index is 12.9. The lowest BCUT2D eigenvalue weighted by molar-refractivity contribution is 0.0526. The average Bonchev–Trinajstić information content (AvgIpc) is 3.02. The van der Waals surface area contributed by atoms with Crippen LogP contribution in [0.4, 0.5) is 0 Å². The molecule has 3 aromatic heterocycles. The number of pyridine rings is 1. The van der Waals surface area contributed by atoms with Gasteiger partial charge in [-0.3, -0.25) is 9.36 Å². The fourth-order valence-corrected chi connectivity index (χ4v) is 3.75. The van der Waals surface area contributed by atoms with Gasteiger partial charge in [0, 0.05) is 11.6 Å². The fourth-order valence-electron chi connectivity index (χ4n) is 2.74. The van der Waals surface area contributed by atoms with Crippen LogP contribution >= 0.6 is 11.3 Å². The van der Waals surface area contributed by atoms with Gasteiger partial charge in [0.15, 0.2) is 0 Å². The summed E-state index contributed by atoms with van der Waals surface area (Å²) in [6.07, 6.45) is 2.98. The first-order valence-electron chi connectivity index (χ1n) is 8.12. The molecule has 0 aliphatic carbocycles. The van der Waals surface area contributed by atoms with Crippen molar-refractivity contribution in [2.75, 3.05) is 6.61 Å². The van der Waals surface area contributed by atoms with Gasteiger partial charge in [-0.1, -0.05) is 17.7 Å². The van der Waals surface area contributed by atoms with E-state index in [1.807, 2.05) is 31.2 Å². The van der Waals surface area contributed by atoms with E-state index in [4.69, 9.17) is 4.74 Å². The van der Waals surface area contributed by atoms with E-state index < -0.39 is 5.97 Å². The Hall–Kier alpha value is -3.06. The first-order valence-corrected chi connectivity index (χ1v) is 8.94. The summed E-state index contributed by atoms with van der Waals surface area (Å²) in [5.41, 5.74) is 2.63. The maximum atomic E-state index is 12.9. The highest BCUT2D eigenvalue weighted by Crippen LogP contribution is 2.29. The van der Waals surface area contributed by atoms with Crippen LogP contribution in [0.5, 0.6) is 0 Å². The van der Waals surface area contributed by atoms with Crippen molar-refractivity contribution in [3.63, 3.8) is 0 Å². The molecule has 0 spiro atoms. The van der Waals surface area contributed by atoms with Crippen molar-refractivity contribution in [1.82, 2.24) is 14.5 Å². The first kappa shape index (κ1) is 16.4. The standard InChI is InChI=1S/C19H15N3O3S/c1-3-25-19(24)12-8-14-15-16(26-17(14)20-9-12)18(23)22(10-21-15)13-6-4-11(2)5-7-13/h4-10H,3H2,1-2H3. The zero-order valence-electron chi connectivity index (χ0n) is 14.2. The molecular formula is C19H15N3O3S. The Bertz CT molecular complexity index is 1190. The highest BCUT2D eigenvalue weighted by atomic mass is 32.1. The van der Waals surface area contributed by atoms with Crippen LogP contribution in [-0.4, -0.2) is 27.1 Å². The van der Waals surface area contributed by atoms with Crippen LogP contribution in [0, 0.1) is 6.92 Å². The molecule has 7 heteroatoms. The minimum Gasteiger partial charge on any atom is -0.462 e. The predicted octanol–water partition coefficient (Wildman–Crippen LogP) is 3.48. The van der Waals surface area contributed by atoms with Gasteiger partial charge >= 0.3 is 5.97 Å². The van der Waals surface area contributed by atoms with Crippen LogP contribution < -0.4 is 5.56 Å². The quantitative estimate of drug-likeness (QED) is 0.520. The van der Waals surface area contributed by atoms with Gasteiger partial charge in [-0.15, -0.1) is 11.3 Å². The molecule has 0 N–H and O–H groups in total. The topological polar surface area (TPSA) is 74.1 Å². The van der Waals surface area contributed by atoms with Crippen molar-refractivity contribution in [2.45, 2.75) is 13.8 Å². The SMILES string of the molecule is CCOC(=O)c1cnc2sc3c(=O)n(-c4ccc(C)cc4)cnc3c2c1. The van der Waals surface area contributed by atoms with Gasteiger partial charge in [-0.25, -0.2) is 14.8 Å². The number of hydrogen-bond donors (Lipinski definition) is 0. The third-order valence-corrected chi connectivity index (χ3v) is 5.15. The summed E-state index contributed by atoms with van der Waals surface area (Å²) in [6, 6.07) is 9.35. The van der Waals surface area contributed by atoms with E-state index in [-0.39, 0.29) is 5.56 Å². The monoisotopic (exact) mass is 365 g/mol. The molecule has 0 radical (unpaired) electrons. The lowest BCUT2D eigenvalue weighted by atomic mass is 10.2. The average molecular weight is 365 g/mol. The van der Waals surface area contributed by atoms with Crippen LogP contribution in [0.25, 0.3) is 26.1 Å². The van der Waals surface area contributed by atoms with E-state index in [2.05, 4.69) is 9.97 Å². The van der Waals surface area contributed by atoms with E-state index in [9.17, 15) is 9.59 Å². The molecular weight excluding hydrogens is 350 g/mol. The zero-order valence-corrected chi connectivity index (χ0v) is 15.0. The number of aromatic nitrogens is 3. The predicted molar refractivity (Wildman–Crippen MR) is 101 cm³/mol. The van der Waals surface area contributed by atoms with Crippen LogP contribution in [0.15, 0.2) is 47.7 Å². The summed E-state index contributed by atoms with van der Waals surface area (Å²) in [5, 5.41) is 0.684. The second kappa shape index (κ2) is 6.34. The molecule has 3 heterocycles. The van der Waals surface area contributed by atoms with Crippen molar-refractivity contribution < 1.29 is 9.53 Å². The smallest absolute Gasteiger partial charge is 0.339 e. The van der Waals surface area contributed by atoms with Gasteiger partial charge in [0.1, 0.15) is 15.9 Å². The molecule has 26 heavy (non-hydrogen) atoms. The Morgan fingerprint density at radius 3 is 2.73 bits per heavy atom. The normalized spacial score (nSPS) is 11.2. The summed E-state index contributed by atoms with van der Waals surface area (Å²) < 4.78 is 7.04. The second-order valence-electron chi connectivity index (χ2n) is 5.83. The van der Waals surface area contributed by atoms with Crippen molar-refractivity contribution in [3.05, 3.63) is 64.3 Å². The number of esters is 1. The molecule has 0 saturated carbocycles. The molecule has 0 fully saturated rings. The number of carbonyl (C=O) groups excluding carboxylic acids is 1. The van der Waals surface area contributed by atoms with Crippen LogP contribution in [-0.2, 0) is 4.74 Å². The number of rotatable bonds is 3. The number of nitrogens with zero attached hydrogens (tertiary/aromatic N) is 3. The number of aryl methyl sites for hydroxylation is 1. The van der Waals surface area contributed by atoms with Gasteiger partial charge in [0.2, 0.25) is 0 Å². The van der Waals surface area contributed by atoms with E-state index >= 15 is 0 Å². The number of thiophene rings is 1. The maximum Gasteiger partial charge on any atom is 0.339 e. The Kier molecular flexibility index (Phi) is 4.00. The largest absolute Gasteiger partial charge is 0.462 e. The lowest BCUT2D eigenvalue weighted by Crippen LogP contribution is -2.17. The number of hydrogen-bond acceptors (Lipinski definition) is 6. The van der Waals surface area contributed by atoms with Gasteiger partial charge in [0.05, 0.1) is 23.4 Å². The highest BCUT2D eigenvalue weighted by molar-refractivity contribution is 7.25. The van der Waals surface area contributed by atoms with Crippen molar-refractivity contribution in [2.24, 2.45) is 0 Å². The number of ether oxygens (including phenoxy) is 1. The number of benzene rings is 1. The molecule has 4 aromatic rings. The lowest BCUT2D eigenvalue weighted by Gasteiger charge is -2.05. The van der Waals surface area contributed by atoms with Crippen molar-refractivity contribution in [3.8, 4) is 5.69 Å². The van der Waals surface area contributed by atoms with Crippen molar-refractivity contribution >= 4 is 37.7 Å². The fraction of sp³-hybridized carbons (Fsp3) is 0.158. The first-order chi connectivity index (χ1) is 12.6. The summed E-state index contributed by atoms with van der Waals surface area (Å²) in [6.45, 7) is 4.03. The number of fused-ring (bicyclic) bond motifs is 3.